The van der Waals surface area contributed by atoms with E-state index in [2.05, 4.69) is 12.2 Å². The minimum atomic E-state index is -0.557. The van der Waals surface area contributed by atoms with Crippen LogP contribution < -0.4 is 4.90 Å². The van der Waals surface area contributed by atoms with Crippen LogP contribution in [-0.4, -0.2) is 24.4 Å². The summed E-state index contributed by atoms with van der Waals surface area (Å²) in [5.74, 6) is 0.0847. The predicted octanol–water partition coefficient (Wildman–Crippen LogP) is 3.07. The molecule has 2 amide bonds. The van der Waals surface area contributed by atoms with Crippen LogP contribution >= 0.6 is 11.6 Å². The molecule has 5 nitrogen and oxygen atoms in total. The third-order valence-electron chi connectivity index (χ3n) is 6.37. The van der Waals surface area contributed by atoms with Crippen LogP contribution in [0.25, 0.3) is 0 Å². The van der Waals surface area contributed by atoms with Gasteiger partial charge in [-0.05, 0) is 55.2 Å². The first-order chi connectivity index (χ1) is 12.5. The number of esters is 1. The number of hydrogen-bond acceptors (Lipinski definition) is 4. The van der Waals surface area contributed by atoms with Crippen LogP contribution in [0.5, 0.6) is 0 Å². The van der Waals surface area contributed by atoms with E-state index in [0.717, 1.165) is 6.42 Å². The second-order valence-electron chi connectivity index (χ2n) is 7.55. The standard InChI is InChI=1S/C20H18ClNO4/c1-2-26-20(25)14-7-9(3-6-15(14)21)22-18(23)16-10-4-5-11(13-8-12(10)13)17(16)19(22)24/h3-7,10-13,16-17H,2,8H2,1H3/t10-,11-,12-,13-,16+,17+/m1/s1. The number of nitrogens with zero attached hydrogens (tertiary/aromatic N) is 1. The molecule has 134 valence electrons. The van der Waals surface area contributed by atoms with E-state index in [9.17, 15) is 14.4 Å². The largest absolute Gasteiger partial charge is 0.462 e. The van der Waals surface area contributed by atoms with Crippen LogP contribution in [0.2, 0.25) is 5.02 Å². The molecular weight excluding hydrogens is 354 g/mol. The van der Waals surface area contributed by atoms with E-state index >= 15 is 0 Å². The van der Waals surface area contributed by atoms with E-state index in [1.54, 1.807) is 13.0 Å². The number of benzene rings is 1. The molecule has 1 aromatic rings. The van der Waals surface area contributed by atoms with Gasteiger partial charge in [0.2, 0.25) is 11.8 Å². The highest BCUT2D eigenvalue weighted by Gasteiger charge is 2.67. The Bertz CT molecular complexity index is 843. The van der Waals surface area contributed by atoms with Crippen molar-refractivity contribution in [1.29, 1.82) is 0 Å². The summed E-state index contributed by atoms with van der Waals surface area (Å²) in [7, 11) is 0. The summed E-state index contributed by atoms with van der Waals surface area (Å²) in [5, 5.41) is 0.242. The monoisotopic (exact) mass is 371 g/mol. The van der Waals surface area contributed by atoms with Gasteiger partial charge in [0, 0.05) is 0 Å². The molecule has 1 aromatic carbocycles. The van der Waals surface area contributed by atoms with Gasteiger partial charge in [-0.2, -0.15) is 0 Å². The van der Waals surface area contributed by atoms with Crippen molar-refractivity contribution in [2.75, 3.05) is 11.5 Å². The zero-order chi connectivity index (χ0) is 18.2. The lowest BCUT2D eigenvalue weighted by molar-refractivity contribution is -0.124. The van der Waals surface area contributed by atoms with E-state index in [4.69, 9.17) is 16.3 Å². The summed E-state index contributed by atoms with van der Waals surface area (Å²) in [5.41, 5.74) is 0.570. The third-order valence-corrected chi connectivity index (χ3v) is 6.70. The molecule has 6 atom stereocenters. The molecule has 3 fully saturated rings. The number of anilines is 1. The van der Waals surface area contributed by atoms with Gasteiger partial charge in [-0.15, -0.1) is 0 Å². The lowest BCUT2D eigenvalue weighted by Crippen LogP contribution is -2.40. The average Bonchev–Trinajstić information content (AvgIpc) is 3.40. The number of carbonyl (C=O) groups is 3. The van der Waals surface area contributed by atoms with E-state index < -0.39 is 5.97 Å². The maximum absolute atomic E-state index is 13.1. The molecule has 26 heavy (non-hydrogen) atoms. The molecule has 2 saturated carbocycles. The van der Waals surface area contributed by atoms with Gasteiger partial charge >= 0.3 is 5.97 Å². The van der Waals surface area contributed by atoms with Crippen molar-refractivity contribution in [3.8, 4) is 0 Å². The normalized spacial score (nSPS) is 36.2. The van der Waals surface area contributed by atoms with Gasteiger partial charge in [-0.1, -0.05) is 23.8 Å². The zero-order valence-corrected chi connectivity index (χ0v) is 15.0. The number of halogens is 1. The molecule has 1 heterocycles. The van der Waals surface area contributed by atoms with Crippen LogP contribution in [0.3, 0.4) is 0 Å². The fraction of sp³-hybridized carbons (Fsp3) is 0.450. The first kappa shape index (κ1) is 16.1. The van der Waals surface area contributed by atoms with E-state index in [0.29, 0.717) is 17.5 Å². The Labute approximate surface area is 155 Å². The van der Waals surface area contributed by atoms with Crippen molar-refractivity contribution < 1.29 is 19.1 Å². The predicted molar refractivity (Wildman–Crippen MR) is 94.6 cm³/mol. The first-order valence-electron chi connectivity index (χ1n) is 9.05. The third kappa shape index (κ3) is 2.01. The zero-order valence-electron chi connectivity index (χ0n) is 14.2. The van der Waals surface area contributed by atoms with Crippen LogP contribution in [0, 0.1) is 35.5 Å². The molecule has 0 spiro atoms. The fourth-order valence-electron chi connectivity index (χ4n) is 5.23. The Balaban J connectivity index is 1.52. The van der Waals surface area contributed by atoms with E-state index in [1.165, 1.54) is 17.0 Å². The van der Waals surface area contributed by atoms with Gasteiger partial charge in [-0.3, -0.25) is 9.59 Å². The molecule has 6 heteroatoms. The Morgan fingerprint density at radius 2 is 1.77 bits per heavy atom. The highest BCUT2D eigenvalue weighted by Crippen LogP contribution is 2.65. The van der Waals surface area contributed by atoms with E-state index in [1.807, 2.05) is 0 Å². The molecule has 5 aliphatic rings. The fourth-order valence-corrected chi connectivity index (χ4v) is 5.42. The van der Waals surface area contributed by atoms with Gasteiger partial charge < -0.3 is 4.74 Å². The van der Waals surface area contributed by atoms with Gasteiger partial charge in [-0.25, -0.2) is 9.69 Å². The minimum Gasteiger partial charge on any atom is -0.462 e. The van der Waals surface area contributed by atoms with Gasteiger partial charge in [0.25, 0.3) is 0 Å². The molecule has 2 bridgehead atoms. The number of imide groups is 1. The van der Waals surface area contributed by atoms with Crippen molar-refractivity contribution >= 4 is 35.1 Å². The van der Waals surface area contributed by atoms with Crippen molar-refractivity contribution in [2.45, 2.75) is 13.3 Å². The van der Waals surface area contributed by atoms with Crippen molar-refractivity contribution in [1.82, 2.24) is 0 Å². The van der Waals surface area contributed by atoms with Crippen molar-refractivity contribution in [3.63, 3.8) is 0 Å². The molecular formula is C20H18ClNO4. The molecule has 4 aliphatic carbocycles. The molecule has 6 rings (SSSR count). The second-order valence-corrected chi connectivity index (χ2v) is 7.96. The van der Waals surface area contributed by atoms with Crippen LogP contribution in [-0.2, 0) is 14.3 Å². The summed E-state index contributed by atoms with van der Waals surface area (Å²) in [6.45, 7) is 1.94. The molecule has 0 radical (unpaired) electrons. The average molecular weight is 372 g/mol. The summed E-state index contributed by atoms with van der Waals surface area (Å²) in [6.07, 6.45) is 5.41. The summed E-state index contributed by atoms with van der Waals surface area (Å²) >= 11 is 6.11. The number of ether oxygens (including phenoxy) is 1. The number of carbonyl (C=O) groups excluding carboxylic acids is 3. The number of hydrogen-bond donors (Lipinski definition) is 0. The van der Waals surface area contributed by atoms with Crippen molar-refractivity contribution in [2.24, 2.45) is 35.5 Å². The molecule has 1 aliphatic heterocycles. The maximum atomic E-state index is 13.1. The SMILES string of the molecule is CCOC(=O)c1cc(N2C(=O)[C@H]3[C@@H]4C=C[C@H]([C@H]5C[C@H]45)[C@@H]3C2=O)ccc1Cl. The Hall–Kier alpha value is -2.14. The molecule has 0 unspecified atom stereocenters. The lowest BCUT2D eigenvalue weighted by Gasteiger charge is -2.37. The van der Waals surface area contributed by atoms with E-state index in [-0.39, 0.29) is 52.7 Å². The number of rotatable bonds is 3. The quantitative estimate of drug-likeness (QED) is 0.465. The summed E-state index contributed by atoms with van der Waals surface area (Å²) in [6, 6.07) is 4.65. The molecule has 0 N–H and O–H groups in total. The van der Waals surface area contributed by atoms with Crippen LogP contribution in [0.4, 0.5) is 5.69 Å². The number of amides is 2. The Morgan fingerprint density at radius 1 is 1.15 bits per heavy atom. The smallest absolute Gasteiger partial charge is 0.339 e. The Kier molecular flexibility index (Phi) is 3.35. The van der Waals surface area contributed by atoms with Gasteiger partial charge in [0.1, 0.15) is 0 Å². The molecule has 0 aromatic heterocycles. The Morgan fingerprint density at radius 3 is 2.35 bits per heavy atom. The van der Waals surface area contributed by atoms with Gasteiger partial charge in [0.15, 0.2) is 0 Å². The second kappa shape index (κ2) is 5.43. The maximum Gasteiger partial charge on any atom is 0.339 e. The molecule has 1 saturated heterocycles. The number of allylic oxidation sites excluding steroid dienone is 2. The highest BCUT2D eigenvalue weighted by atomic mass is 35.5. The lowest BCUT2D eigenvalue weighted by atomic mass is 9.63. The van der Waals surface area contributed by atoms with Crippen LogP contribution in [0.1, 0.15) is 23.7 Å². The summed E-state index contributed by atoms with van der Waals surface area (Å²) < 4.78 is 5.02. The topological polar surface area (TPSA) is 63.7 Å². The highest BCUT2D eigenvalue weighted by molar-refractivity contribution is 6.34. The van der Waals surface area contributed by atoms with Crippen molar-refractivity contribution in [3.05, 3.63) is 40.9 Å². The van der Waals surface area contributed by atoms with Gasteiger partial charge in [0.05, 0.1) is 34.7 Å². The van der Waals surface area contributed by atoms with Crippen LogP contribution in [0.15, 0.2) is 30.4 Å². The summed E-state index contributed by atoms with van der Waals surface area (Å²) in [4.78, 5) is 39.6. The minimum absolute atomic E-state index is 0.151. The first-order valence-corrected chi connectivity index (χ1v) is 9.43.